The minimum Gasteiger partial charge on any atom is -0.354 e. The summed E-state index contributed by atoms with van der Waals surface area (Å²) in [6, 6.07) is 9.62. The van der Waals surface area contributed by atoms with Crippen LogP contribution in [0.5, 0.6) is 0 Å². The quantitative estimate of drug-likeness (QED) is 0.773. The van der Waals surface area contributed by atoms with E-state index in [9.17, 15) is 14.0 Å². The van der Waals surface area contributed by atoms with Gasteiger partial charge >= 0.3 is 0 Å². The topological polar surface area (TPSA) is 68.8 Å². The third-order valence-electron chi connectivity index (χ3n) is 6.35. The molecule has 0 radical (unpaired) electrons. The molecule has 3 heterocycles. The van der Waals surface area contributed by atoms with Gasteiger partial charge in [0, 0.05) is 63.5 Å². The lowest BCUT2D eigenvalue weighted by Gasteiger charge is -2.33. The summed E-state index contributed by atoms with van der Waals surface area (Å²) in [7, 11) is 2.13. The summed E-state index contributed by atoms with van der Waals surface area (Å²) in [5.74, 6) is 0.412. The number of carbonyl (C=O) groups is 2. The minimum atomic E-state index is -0.360. The Morgan fingerprint density at radius 3 is 2.31 bits per heavy atom. The van der Waals surface area contributed by atoms with Crippen molar-refractivity contribution in [1.29, 1.82) is 0 Å². The highest BCUT2D eigenvalue weighted by Crippen LogP contribution is 2.20. The molecule has 0 unspecified atom stereocenters. The van der Waals surface area contributed by atoms with Crippen LogP contribution in [0, 0.1) is 11.7 Å². The first-order valence-electron chi connectivity index (χ1n) is 11.2. The predicted molar refractivity (Wildman–Crippen MR) is 121 cm³/mol. The molecular weight excluding hydrogens is 409 g/mol. The van der Waals surface area contributed by atoms with Gasteiger partial charge in [-0.1, -0.05) is 6.07 Å². The Hall–Kier alpha value is -3.00. The molecule has 2 saturated heterocycles. The van der Waals surface area contributed by atoms with E-state index in [2.05, 4.69) is 27.1 Å². The van der Waals surface area contributed by atoms with Crippen molar-refractivity contribution in [2.24, 2.45) is 5.92 Å². The lowest BCUT2D eigenvalue weighted by Crippen LogP contribution is -2.44. The van der Waals surface area contributed by atoms with Crippen molar-refractivity contribution < 1.29 is 14.0 Å². The van der Waals surface area contributed by atoms with E-state index >= 15 is 0 Å². The Balaban J connectivity index is 1.22. The maximum atomic E-state index is 13.1. The van der Waals surface area contributed by atoms with E-state index in [0.717, 1.165) is 37.6 Å². The number of nitrogens with one attached hydrogen (secondary N) is 1. The number of piperazine rings is 1. The third-order valence-corrected chi connectivity index (χ3v) is 6.35. The van der Waals surface area contributed by atoms with Crippen molar-refractivity contribution in [1.82, 2.24) is 20.1 Å². The van der Waals surface area contributed by atoms with Gasteiger partial charge in [-0.25, -0.2) is 9.37 Å². The van der Waals surface area contributed by atoms with Crippen LogP contribution in [0.1, 0.15) is 28.8 Å². The van der Waals surface area contributed by atoms with Gasteiger partial charge in [0.1, 0.15) is 11.6 Å². The lowest BCUT2D eigenvalue weighted by molar-refractivity contribution is -0.126. The predicted octanol–water partition coefficient (Wildman–Crippen LogP) is 2.14. The molecule has 0 aliphatic carbocycles. The van der Waals surface area contributed by atoms with E-state index in [4.69, 9.17) is 0 Å². The summed E-state index contributed by atoms with van der Waals surface area (Å²) >= 11 is 0. The highest BCUT2D eigenvalue weighted by Gasteiger charge is 2.27. The zero-order chi connectivity index (χ0) is 22.5. The Kier molecular flexibility index (Phi) is 6.99. The number of rotatable bonds is 5. The molecule has 2 fully saturated rings. The standard InChI is InChI=1S/C24H30FN5O2/c1-28-12-14-29(15-13-28)22-7-2-18(16-26-22)17-27-23(31)19-8-10-30(11-9-19)24(32)20-3-5-21(25)6-4-20/h2-7,16,19H,8-15,17H2,1H3,(H,27,31). The van der Waals surface area contributed by atoms with Crippen LogP contribution in [0.15, 0.2) is 42.6 Å². The average Bonchev–Trinajstić information content (AvgIpc) is 2.83. The monoisotopic (exact) mass is 439 g/mol. The summed E-state index contributed by atoms with van der Waals surface area (Å²) in [6.45, 7) is 5.51. The molecule has 1 aromatic heterocycles. The van der Waals surface area contributed by atoms with Crippen LogP contribution < -0.4 is 10.2 Å². The van der Waals surface area contributed by atoms with Gasteiger partial charge in [0.2, 0.25) is 5.91 Å². The first kappa shape index (κ1) is 22.2. The number of anilines is 1. The molecule has 32 heavy (non-hydrogen) atoms. The summed E-state index contributed by atoms with van der Waals surface area (Å²) in [4.78, 5) is 36.1. The zero-order valence-electron chi connectivity index (χ0n) is 18.5. The van der Waals surface area contributed by atoms with Crippen LogP contribution in [0.25, 0.3) is 0 Å². The summed E-state index contributed by atoms with van der Waals surface area (Å²) < 4.78 is 13.1. The smallest absolute Gasteiger partial charge is 0.253 e. The summed E-state index contributed by atoms with van der Waals surface area (Å²) in [5.41, 5.74) is 1.45. The number of aromatic nitrogens is 1. The van der Waals surface area contributed by atoms with E-state index in [1.54, 1.807) is 4.90 Å². The Morgan fingerprint density at radius 1 is 1.00 bits per heavy atom. The maximum absolute atomic E-state index is 13.1. The first-order chi connectivity index (χ1) is 15.5. The van der Waals surface area contributed by atoms with E-state index < -0.39 is 0 Å². The number of hydrogen-bond donors (Lipinski definition) is 1. The lowest BCUT2D eigenvalue weighted by atomic mass is 9.95. The molecule has 2 aromatic rings. The molecule has 8 heteroatoms. The van der Waals surface area contributed by atoms with Crippen LogP contribution in [-0.2, 0) is 11.3 Å². The maximum Gasteiger partial charge on any atom is 0.253 e. The molecule has 1 N–H and O–H groups in total. The zero-order valence-corrected chi connectivity index (χ0v) is 18.5. The van der Waals surface area contributed by atoms with Crippen molar-refractivity contribution in [2.45, 2.75) is 19.4 Å². The molecule has 0 saturated carbocycles. The van der Waals surface area contributed by atoms with Gasteiger partial charge in [0.05, 0.1) is 0 Å². The first-order valence-corrected chi connectivity index (χ1v) is 11.2. The average molecular weight is 440 g/mol. The number of pyridine rings is 1. The fourth-order valence-corrected chi connectivity index (χ4v) is 4.20. The highest BCUT2D eigenvalue weighted by molar-refractivity contribution is 5.94. The second kappa shape index (κ2) is 10.1. The number of hydrogen-bond acceptors (Lipinski definition) is 5. The van der Waals surface area contributed by atoms with Crippen LogP contribution in [0.3, 0.4) is 0 Å². The number of likely N-dealkylation sites (N-methyl/N-ethyl adjacent to an activating group) is 1. The van der Waals surface area contributed by atoms with E-state index in [0.29, 0.717) is 38.0 Å². The molecule has 1 aromatic carbocycles. The second-order valence-electron chi connectivity index (χ2n) is 8.61. The number of halogens is 1. The summed E-state index contributed by atoms with van der Waals surface area (Å²) in [5, 5.41) is 3.01. The number of piperidine rings is 1. The molecular formula is C24H30FN5O2. The van der Waals surface area contributed by atoms with E-state index in [1.807, 2.05) is 18.3 Å². The Labute approximate surface area is 188 Å². The third kappa shape index (κ3) is 5.43. The van der Waals surface area contributed by atoms with Crippen molar-refractivity contribution >= 4 is 17.6 Å². The number of benzene rings is 1. The fourth-order valence-electron chi connectivity index (χ4n) is 4.20. The van der Waals surface area contributed by atoms with Gasteiger partial charge in [-0.3, -0.25) is 9.59 Å². The van der Waals surface area contributed by atoms with Crippen molar-refractivity contribution in [3.63, 3.8) is 0 Å². The van der Waals surface area contributed by atoms with Gasteiger partial charge in [0.25, 0.3) is 5.91 Å². The van der Waals surface area contributed by atoms with Gasteiger partial charge in [0.15, 0.2) is 0 Å². The fraction of sp³-hybridized carbons (Fsp3) is 0.458. The Bertz CT molecular complexity index is 918. The molecule has 0 spiro atoms. The molecule has 2 aliphatic rings. The second-order valence-corrected chi connectivity index (χ2v) is 8.61. The molecule has 0 bridgehead atoms. The molecule has 170 valence electrons. The van der Waals surface area contributed by atoms with Crippen molar-refractivity contribution in [2.75, 3.05) is 51.2 Å². The van der Waals surface area contributed by atoms with Gasteiger partial charge in [-0.15, -0.1) is 0 Å². The number of nitrogens with zero attached hydrogens (tertiary/aromatic N) is 4. The SMILES string of the molecule is CN1CCN(c2ccc(CNC(=O)C3CCN(C(=O)c4ccc(F)cc4)CC3)cn2)CC1. The Morgan fingerprint density at radius 2 is 1.69 bits per heavy atom. The largest absolute Gasteiger partial charge is 0.354 e. The minimum absolute atomic E-state index is 0.0158. The highest BCUT2D eigenvalue weighted by atomic mass is 19.1. The number of amides is 2. The van der Waals surface area contributed by atoms with Crippen molar-refractivity contribution in [3.8, 4) is 0 Å². The molecule has 0 atom stereocenters. The molecule has 7 nitrogen and oxygen atoms in total. The molecule has 4 rings (SSSR count). The van der Waals surface area contributed by atoms with Crippen molar-refractivity contribution in [3.05, 3.63) is 59.5 Å². The van der Waals surface area contributed by atoms with Crippen LogP contribution in [-0.4, -0.2) is 72.9 Å². The molecule has 2 amide bonds. The van der Waals surface area contributed by atoms with Gasteiger partial charge in [-0.05, 0) is 55.8 Å². The molecule has 2 aliphatic heterocycles. The van der Waals surface area contributed by atoms with Crippen LogP contribution >= 0.6 is 0 Å². The number of carbonyl (C=O) groups excluding carboxylic acids is 2. The van der Waals surface area contributed by atoms with Crippen LogP contribution in [0.4, 0.5) is 10.2 Å². The van der Waals surface area contributed by atoms with Gasteiger partial charge < -0.3 is 20.0 Å². The van der Waals surface area contributed by atoms with Crippen LogP contribution in [0.2, 0.25) is 0 Å². The normalized spacial score (nSPS) is 17.9. The van der Waals surface area contributed by atoms with E-state index in [-0.39, 0.29) is 23.5 Å². The van der Waals surface area contributed by atoms with Gasteiger partial charge in [-0.2, -0.15) is 0 Å². The number of likely N-dealkylation sites (tertiary alicyclic amines) is 1. The van der Waals surface area contributed by atoms with E-state index in [1.165, 1.54) is 24.3 Å². The summed E-state index contributed by atoms with van der Waals surface area (Å²) in [6.07, 6.45) is 3.08.